The Bertz CT molecular complexity index is 345. The van der Waals surface area contributed by atoms with Crippen LogP contribution in [0.25, 0.3) is 0 Å². The zero-order chi connectivity index (χ0) is 11.5. The number of alkyl halides is 3. The van der Waals surface area contributed by atoms with E-state index in [1.165, 1.54) is 11.3 Å². The molecule has 0 unspecified atom stereocenters. The molecule has 0 aliphatic rings. The lowest BCUT2D eigenvalue weighted by Gasteiger charge is -2.07. The molecule has 0 fully saturated rings. The number of hydrogen-bond donors (Lipinski definition) is 1. The standard InChI is InChI=1S/C9H10F3NOS/c1-6-2-3-15-7(6)5-13-8(14)4-9(10,11)12/h2-3H,4-5H2,1H3,(H,13,14). The zero-order valence-corrected chi connectivity index (χ0v) is 8.84. The van der Waals surface area contributed by atoms with Gasteiger partial charge in [0.25, 0.3) is 0 Å². The Kier molecular flexibility index (Phi) is 3.73. The van der Waals surface area contributed by atoms with E-state index in [0.29, 0.717) is 0 Å². The summed E-state index contributed by atoms with van der Waals surface area (Å²) in [5, 5.41) is 4.07. The SMILES string of the molecule is Cc1ccsc1CNC(=O)CC(F)(F)F. The Morgan fingerprint density at radius 2 is 2.20 bits per heavy atom. The first-order chi connectivity index (χ1) is 6.88. The van der Waals surface area contributed by atoms with Gasteiger partial charge in [0.05, 0.1) is 6.54 Å². The van der Waals surface area contributed by atoms with Crippen molar-refractivity contribution in [1.29, 1.82) is 0 Å². The number of nitrogens with one attached hydrogen (secondary N) is 1. The maximum Gasteiger partial charge on any atom is 0.397 e. The predicted octanol–water partition coefficient (Wildman–Crippen LogP) is 2.63. The summed E-state index contributed by atoms with van der Waals surface area (Å²) < 4.78 is 35.4. The van der Waals surface area contributed by atoms with Crippen molar-refractivity contribution in [3.8, 4) is 0 Å². The molecule has 2 nitrogen and oxygen atoms in total. The van der Waals surface area contributed by atoms with Gasteiger partial charge in [-0.25, -0.2) is 0 Å². The van der Waals surface area contributed by atoms with Gasteiger partial charge in [-0.1, -0.05) is 0 Å². The highest BCUT2D eigenvalue weighted by molar-refractivity contribution is 7.10. The molecule has 0 saturated heterocycles. The first-order valence-corrected chi connectivity index (χ1v) is 5.13. The van der Waals surface area contributed by atoms with Crippen LogP contribution in [0.2, 0.25) is 0 Å². The minimum absolute atomic E-state index is 0.165. The van der Waals surface area contributed by atoms with E-state index in [1.54, 1.807) is 0 Å². The minimum atomic E-state index is -4.44. The maximum absolute atomic E-state index is 11.8. The van der Waals surface area contributed by atoms with Crippen molar-refractivity contribution in [2.75, 3.05) is 0 Å². The summed E-state index contributed by atoms with van der Waals surface area (Å²) in [6.45, 7) is 2.01. The third kappa shape index (κ3) is 4.33. The number of thiophene rings is 1. The largest absolute Gasteiger partial charge is 0.397 e. The van der Waals surface area contributed by atoms with Crippen molar-refractivity contribution in [3.63, 3.8) is 0 Å². The molecule has 1 rings (SSSR count). The van der Waals surface area contributed by atoms with Crippen molar-refractivity contribution < 1.29 is 18.0 Å². The Labute approximate surface area is 89.1 Å². The van der Waals surface area contributed by atoms with Crippen LogP contribution in [-0.2, 0) is 11.3 Å². The van der Waals surface area contributed by atoms with E-state index in [2.05, 4.69) is 5.32 Å². The fourth-order valence-corrected chi connectivity index (χ4v) is 1.85. The molecule has 0 aliphatic heterocycles. The molecule has 1 aromatic heterocycles. The van der Waals surface area contributed by atoms with Gasteiger partial charge in [0.1, 0.15) is 6.42 Å². The number of hydrogen-bond acceptors (Lipinski definition) is 2. The van der Waals surface area contributed by atoms with E-state index in [1.807, 2.05) is 18.4 Å². The van der Waals surface area contributed by atoms with E-state index in [4.69, 9.17) is 0 Å². The molecule has 0 bridgehead atoms. The van der Waals surface area contributed by atoms with Gasteiger partial charge in [-0.3, -0.25) is 4.79 Å². The number of carbonyl (C=O) groups is 1. The van der Waals surface area contributed by atoms with Crippen LogP contribution in [0.1, 0.15) is 16.9 Å². The van der Waals surface area contributed by atoms with Crippen LogP contribution >= 0.6 is 11.3 Å². The summed E-state index contributed by atoms with van der Waals surface area (Å²) in [5.41, 5.74) is 0.979. The highest BCUT2D eigenvalue weighted by Gasteiger charge is 2.30. The lowest BCUT2D eigenvalue weighted by Crippen LogP contribution is -2.27. The molecule has 0 spiro atoms. The van der Waals surface area contributed by atoms with Gasteiger partial charge in [0, 0.05) is 4.88 Å². The molecule has 0 radical (unpaired) electrons. The van der Waals surface area contributed by atoms with Gasteiger partial charge in [-0.15, -0.1) is 11.3 Å². The van der Waals surface area contributed by atoms with Crippen molar-refractivity contribution in [1.82, 2.24) is 5.32 Å². The molecule has 0 saturated carbocycles. The monoisotopic (exact) mass is 237 g/mol. The average molecular weight is 237 g/mol. The molecule has 1 amide bonds. The van der Waals surface area contributed by atoms with Crippen LogP contribution in [0.15, 0.2) is 11.4 Å². The molecular formula is C9H10F3NOS. The van der Waals surface area contributed by atoms with E-state index in [-0.39, 0.29) is 6.54 Å². The molecule has 0 aromatic carbocycles. The molecular weight excluding hydrogens is 227 g/mol. The quantitative estimate of drug-likeness (QED) is 0.860. The lowest BCUT2D eigenvalue weighted by molar-refractivity contribution is -0.153. The Balaban J connectivity index is 2.38. The molecule has 0 aliphatic carbocycles. The van der Waals surface area contributed by atoms with Crippen LogP contribution < -0.4 is 5.32 Å². The van der Waals surface area contributed by atoms with Crippen molar-refractivity contribution in [2.45, 2.75) is 26.1 Å². The normalized spacial score (nSPS) is 11.5. The van der Waals surface area contributed by atoms with Gasteiger partial charge in [0.2, 0.25) is 5.91 Å². The van der Waals surface area contributed by atoms with Crippen molar-refractivity contribution in [3.05, 3.63) is 21.9 Å². The van der Waals surface area contributed by atoms with Crippen LogP contribution in [-0.4, -0.2) is 12.1 Å². The number of rotatable bonds is 3. The first-order valence-electron chi connectivity index (χ1n) is 4.25. The van der Waals surface area contributed by atoms with Crippen LogP contribution in [0, 0.1) is 6.92 Å². The van der Waals surface area contributed by atoms with Gasteiger partial charge in [-0.2, -0.15) is 13.2 Å². The summed E-state index contributed by atoms with van der Waals surface area (Å²) in [7, 11) is 0. The average Bonchev–Trinajstić information content (AvgIpc) is 2.44. The summed E-state index contributed by atoms with van der Waals surface area (Å²) in [6.07, 6.45) is -5.86. The number of halogens is 3. The first kappa shape index (κ1) is 12.0. The highest BCUT2D eigenvalue weighted by atomic mass is 32.1. The second-order valence-corrected chi connectivity index (χ2v) is 4.10. The van der Waals surface area contributed by atoms with E-state index in [0.717, 1.165) is 10.4 Å². The number of aryl methyl sites for hydroxylation is 1. The molecule has 15 heavy (non-hydrogen) atoms. The van der Waals surface area contributed by atoms with Crippen LogP contribution in [0.5, 0.6) is 0 Å². The highest BCUT2D eigenvalue weighted by Crippen LogP contribution is 2.19. The second-order valence-electron chi connectivity index (χ2n) is 3.10. The topological polar surface area (TPSA) is 29.1 Å². The molecule has 1 N–H and O–H groups in total. The Hall–Kier alpha value is -1.04. The number of carbonyl (C=O) groups excluding carboxylic acids is 1. The maximum atomic E-state index is 11.8. The molecule has 84 valence electrons. The van der Waals surface area contributed by atoms with E-state index in [9.17, 15) is 18.0 Å². The summed E-state index contributed by atoms with van der Waals surface area (Å²) in [5.74, 6) is -0.990. The Morgan fingerprint density at radius 3 is 2.67 bits per heavy atom. The zero-order valence-electron chi connectivity index (χ0n) is 8.02. The molecule has 0 atom stereocenters. The fraction of sp³-hybridized carbons (Fsp3) is 0.444. The summed E-state index contributed by atoms with van der Waals surface area (Å²) in [6, 6.07) is 1.86. The van der Waals surface area contributed by atoms with Crippen LogP contribution in [0.3, 0.4) is 0 Å². The summed E-state index contributed by atoms with van der Waals surface area (Å²) in [4.78, 5) is 11.7. The number of amides is 1. The van der Waals surface area contributed by atoms with Gasteiger partial charge in [-0.05, 0) is 23.9 Å². The molecule has 1 heterocycles. The lowest BCUT2D eigenvalue weighted by atomic mass is 10.3. The third-order valence-corrected chi connectivity index (χ3v) is 2.80. The fourth-order valence-electron chi connectivity index (χ4n) is 1.01. The van der Waals surface area contributed by atoms with Crippen LogP contribution in [0.4, 0.5) is 13.2 Å². The molecule has 1 aromatic rings. The molecule has 6 heteroatoms. The third-order valence-electron chi connectivity index (χ3n) is 1.78. The van der Waals surface area contributed by atoms with E-state index < -0.39 is 18.5 Å². The van der Waals surface area contributed by atoms with Gasteiger partial charge in [0.15, 0.2) is 0 Å². The van der Waals surface area contributed by atoms with Gasteiger partial charge >= 0.3 is 6.18 Å². The summed E-state index contributed by atoms with van der Waals surface area (Å²) >= 11 is 1.41. The predicted molar refractivity (Wildman–Crippen MR) is 51.6 cm³/mol. The minimum Gasteiger partial charge on any atom is -0.351 e. The Morgan fingerprint density at radius 1 is 1.53 bits per heavy atom. The van der Waals surface area contributed by atoms with Gasteiger partial charge < -0.3 is 5.32 Å². The van der Waals surface area contributed by atoms with Crippen molar-refractivity contribution >= 4 is 17.2 Å². The smallest absolute Gasteiger partial charge is 0.351 e. The second kappa shape index (κ2) is 4.65. The van der Waals surface area contributed by atoms with E-state index >= 15 is 0 Å². The van der Waals surface area contributed by atoms with Crippen molar-refractivity contribution in [2.24, 2.45) is 0 Å².